The van der Waals surface area contributed by atoms with Crippen LogP contribution < -0.4 is 15.5 Å². The first-order chi connectivity index (χ1) is 11.6. The summed E-state index contributed by atoms with van der Waals surface area (Å²) in [6.45, 7) is 3.20. The van der Waals surface area contributed by atoms with Gasteiger partial charge in [-0.05, 0) is 43.9 Å². The molecule has 2 N–H and O–H groups in total. The average molecular weight is 334 g/mol. The Balaban J connectivity index is 1.50. The Morgan fingerprint density at radius 3 is 2.38 bits per heavy atom. The van der Waals surface area contributed by atoms with Crippen LogP contribution in [0.15, 0.2) is 18.2 Å². The van der Waals surface area contributed by atoms with E-state index in [2.05, 4.69) is 10.6 Å². The van der Waals surface area contributed by atoms with Gasteiger partial charge < -0.3 is 20.4 Å². The molecular weight excluding hydrogens is 311 g/mol. The highest BCUT2D eigenvalue weighted by molar-refractivity contribution is 5.92. The maximum absolute atomic E-state index is 14.2. The van der Waals surface area contributed by atoms with E-state index in [1.54, 1.807) is 17.0 Å². The molecule has 24 heavy (non-hydrogen) atoms. The van der Waals surface area contributed by atoms with E-state index in [9.17, 15) is 14.0 Å². The van der Waals surface area contributed by atoms with Gasteiger partial charge in [0.25, 0.3) is 0 Å². The van der Waals surface area contributed by atoms with Crippen LogP contribution in [0, 0.1) is 5.82 Å². The lowest BCUT2D eigenvalue weighted by Crippen LogP contribution is -2.40. The fraction of sp³-hybridized carbons (Fsp3) is 0.529. The summed E-state index contributed by atoms with van der Waals surface area (Å²) in [5, 5.41) is 5.09. The second-order valence-corrected chi connectivity index (χ2v) is 6.26. The minimum absolute atomic E-state index is 0.0415. The van der Waals surface area contributed by atoms with Crippen molar-refractivity contribution >= 4 is 23.3 Å². The fourth-order valence-electron chi connectivity index (χ4n) is 3.21. The molecule has 0 spiro atoms. The van der Waals surface area contributed by atoms with Crippen LogP contribution in [0.3, 0.4) is 0 Å². The van der Waals surface area contributed by atoms with E-state index in [1.807, 2.05) is 4.90 Å². The standard InChI is InChI=1S/C17H23FN4O2/c18-14-11-13(5-6-15(14)21-7-1-2-8-21)20-17(24)19-12-16(23)22-9-3-4-10-22/h5-6,11H,1-4,7-10,12H2,(H2,19,20,24). The zero-order chi connectivity index (χ0) is 16.9. The van der Waals surface area contributed by atoms with E-state index in [1.165, 1.54) is 6.07 Å². The molecule has 2 saturated heterocycles. The van der Waals surface area contributed by atoms with Gasteiger partial charge in [0.15, 0.2) is 0 Å². The summed E-state index contributed by atoms with van der Waals surface area (Å²) in [7, 11) is 0. The van der Waals surface area contributed by atoms with Crippen LogP contribution >= 0.6 is 0 Å². The summed E-state index contributed by atoms with van der Waals surface area (Å²) >= 11 is 0. The number of halogens is 1. The monoisotopic (exact) mass is 334 g/mol. The molecule has 0 aliphatic carbocycles. The first kappa shape index (κ1) is 16.5. The highest BCUT2D eigenvalue weighted by Crippen LogP contribution is 2.25. The highest BCUT2D eigenvalue weighted by atomic mass is 19.1. The molecule has 2 fully saturated rings. The summed E-state index contributed by atoms with van der Waals surface area (Å²) < 4.78 is 14.2. The molecule has 6 nitrogen and oxygen atoms in total. The Morgan fingerprint density at radius 2 is 1.71 bits per heavy atom. The maximum atomic E-state index is 14.2. The van der Waals surface area contributed by atoms with Gasteiger partial charge in [0, 0.05) is 31.9 Å². The molecule has 3 rings (SSSR count). The van der Waals surface area contributed by atoms with Crippen molar-refractivity contribution in [1.82, 2.24) is 10.2 Å². The molecule has 2 heterocycles. The van der Waals surface area contributed by atoms with Gasteiger partial charge in [-0.3, -0.25) is 4.79 Å². The first-order valence-corrected chi connectivity index (χ1v) is 8.50. The zero-order valence-electron chi connectivity index (χ0n) is 13.7. The minimum Gasteiger partial charge on any atom is -0.369 e. The van der Waals surface area contributed by atoms with Gasteiger partial charge in [-0.25, -0.2) is 9.18 Å². The predicted molar refractivity (Wildman–Crippen MR) is 90.7 cm³/mol. The van der Waals surface area contributed by atoms with Gasteiger partial charge >= 0.3 is 6.03 Å². The molecule has 0 saturated carbocycles. The van der Waals surface area contributed by atoms with Crippen molar-refractivity contribution in [3.8, 4) is 0 Å². The van der Waals surface area contributed by atoms with Gasteiger partial charge in [-0.1, -0.05) is 0 Å². The lowest BCUT2D eigenvalue weighted by molar-refractivity contribution is -0.128. The molecule has 0 atom stereocenters. The third-order valence-corrected chi connectivity index (χ3v) is 4.51. The number of anilines is 2. The van der Waals surface area contributed by atoms with E-state index in [0.29, 0.717) is 11.4 Å². The molecule has 0 aromatic heterocycles. The molecule has 7 heteroatoms. The van der Waals surface area contributed by atoms with Crippen molar-refractivity contribution in [2.75, 3.05) is 42.9 Å². The van der Waals surface area contributed by atoms with Gasteiger partial charge in [-0.2, -0.15) is 0 Å². The third kappa shape index (κ3) is 3.96. The Kier molecular flexibility index (Phi) is 5.17. The zero-order valence-corrected chi connectivity index (χ0v) is 13.7. The number of hydrogen-bond donors (Lipinski definition) is 2. The number of nitrogens with zero attached hydrogens (tertiary/aromatic N) is 2. The number of rotatable bonds is 4. The molecule has 0 radical (unpaired) electrons. The number of nitrogens with one attached hydrogen (secondary N) is 2. The smallest absolute Gasteiger partial charge is 0.319 e. The number of likely N-dealkylation sites (tertiary alicyclic amines) is 1. The van der Waals surface area contributed by atoms with Crippen molar-refractivity contribution in [2.45, 2.75) is 25.7 Å². The summed E-state index contributed by atoms with van der Waals surface area (Å²) in [5.41, 5.74) is 0.948. The lowest BCUT2D eigenvalue weighted by atomic mass is 10.2. The molecule has 0 unspecified atom stereocenters. The quantitative estimate of drug-likeness (QED) is 0.887. The average Bonchev–Trinajstić information content (AvgIpc) is 3.26. The minimum atomic E-state index is -0.504. The van der Waals surface area contributed by atoms with E-state index in [0.717, 1.165) is 51.9 Å². The molecule has 2 aliphatic rings. The fourth-order valence-corrected chi connectivity index (χ4v) is 3.21. The van der Waals surface area contributed by atoms with E-state index >= 15 is 0 Å². The van der Waals surface area contributed by atoms with Crippen molar-refractivity contribution < 1.29 is 14.0 Å². The number of amides is 3. The first-order valence-electron chi connectivity index (χ1n) is 8.50. The molecule has 2 aliphatic heterocycles. The van der Waals surface area contributed by atoms with Crippen LogP contribution in [-0.2, 0) is 4.79 Å². The van der Waals surface area contributed by atoms with E-state index in [-0.39, 0.29) is 18.3 Å². The molecule has 0 bridgehead atoms. The Morgan fingerprint density at radius 1 is 1.04 bits per heavy atom. The number of benzene rings is 1. The van der Waals surface area contributed by atoms with Gasteiger partial charge in [0.1, 0.15) is 5.82 Å². The number of urea groups is 1. The molecule has 1 aromatic rings. The number of carbonyl (C=O) groups excluding carboxylic acids is 2. The van der Waals surface area contributed by atoms with Crippen LogP contribution in [0.4, 0.5) is 20.6 Å². The lowest BCUT2D eigenvalue weighted by Gasteiger charge is -2.19. The second-order valence-electron chi connectivity index (χ2n) is 6.26. The van der Waals surface area contributed by atoms with Crippen molar-refractivity contribution in [3.63, 3.8) is 0 Å². The Hall–Kier alpha value is -2.31. The molecule has 1 aromatic carbocycles. The van der Waals surface area contributed by atoms with Gasteiger partial charge in [-0.15, -0.1) is 0 Å². The third-order valence-electron chi connectivity index (χ3n) is 4.51. The highest BCUT2D eigenvalue weighted by Gasteiger charge is 2.19. The normalized spacial score (nSPS) is 17.2. The largest absolute Gasteiger partial charge is 0.369 e. The molecular formula is C17H23FN4O2. The Bertz CT molecular complexity index is 611. The molecule has 130 valence electrons. The summed E-state index contributed by atoms with van der Waals surface area (Å²) in [6, 6.07) is 4.18. The maximum Gasteiger partial charge on any atom is 0.319 e. The SMILES string of the molecule is O=C(NCC(=O)N1CCCC1)Nc1ccc(N2CCCC2)c(F)c1. The summed E-state index contributed by atoms with van der Waals surface area (Å²) in [6.07, 6.45) is 4.18. The van der Waals surface area contributed by atoms with Crippen molar-refractivity contribution in [2.24, 2.45) is 0 Å². The summed E-state index contributed by atoms with van der Waals surface area (Å²) in [4.78, 5) is 27.5. The van der Waals surface area contributed by atoms with Gasteiger partial charge in [0.2, 0.25) is 5.91 Å². The van der Waals surface area contributed by atoms with Crippen molar-refractivity contribution in [1.29, 1.82) is 0 Å². The van der Waals surface area contributed by atoms with Crippen LogP contribution in [0.25, 0.3) is 0 Å². The van der Waals surface area contributed by atoms with Gasteiger partial charge in [0.05, 0.1) is 12.2 Å². The molecule has 3 amide bonds. The van der Waals surface area contributed by atoms with E-state index in [4.69, 9.17) is 0 Å². The van der Waals surface area contributed by atoms with Crippen molar-refractivity contribution in [3.05, 3.63) is 24.0 Å². The number of carbonyl (C=O) groups is 2. The topological polar surface area (TPSA) is 64.7 Å². The van der Waals surface area contributed by atoms with Crippen LogP contribution in [0.1, 0.15) is 25.7 Å². The second kappa shape index (κ2) is 7.51. The predicted octanol–water partition coefficient (Wildman–Crippen LogP) is 2.17. The van der Waals surface area contributed by atoms with E-state index < -0.39 is 6.03 Å². The number of hydrogen-bond acceptors (Lipinski definition) is 3. The van der Waals surface area contributed by atoms with Crippen LogP contribution in [0.2, 0.25) is 0 Å². The Labute approximate surface area is 141 Å². The van der Waals surface area contributed by atoms with Crippen LogP contribution in [0.5, 0.6) is 0 Å². The van der Waals surface area contributed by atoms with Crippen LogP contribution in [-0.4, -0.2) is 49.6 Å². The summed E-state index contributed by atoms with van der Waals surface area (Å²) in [5.74, 6) is -0.430.